The third-order valence-corrected chi connectivity index (χ3v) is 15.6. The van der Waals surface area contributed by atoms with Crippen molar-refractivity contribution in [3.8, 4) is 0 Å². The molecule has 8 nitrogen and oxygen atoms in total. The van der Waals surface area contributed by atoms with Crippen LogP contribution in [-0.4, -0.2) is 74.9 Å². The number of aliphatic hydroxyl groups is 4. The minimum absolute atomic E-state index is 0.0688. The summed E-state index contributed by atoms with van der Waals surface area (Å²) in [6.07, 6.45) is 3.05. The number of carbonyl (C=O) groups is 1. The Kier molecular flexibility index (Phi) is 8.03. The number of aliphatic carboxylic acids is 1. The number of fused-ring (bicyclic) bond motifs is 7. The van der Waals surface area contributed by atoms with Crippen molar-refractivity contribution in [1.29, 1.82) is 0 Å². The predicted octanol–water partition coefficient (Wildman–Crippen LogP) is 4.91. The second-order valence-corrected chi connectivity index (χ2v) is 17.3. The predicted molar refractivity (Wildman–Crippen MR) is 165 cm³/mol. The minimum Gasteiger partial charge on any atom is -0.481 e. The number of rotatable bonds is 5. The van der Waals surface area contributed by atoms with E-state index >= 15 is 0 Å². The van der Waals surface area contributed by atoms with Gasteiger partial charge in [0.2, 0.25) is 0 Å². The van der Waals surface area contributed by atoms with Crippen LogP contribution >= 0.6 is 0 Å². The molecule has 0 amide bonds. The molecule has 6 rings (SSSR count). The quantitative estimate of drug-likeness (QED) is 0.217. The van der Waals surface area contributed by atoms with Gasteiger partial charge < -0.3 is 35.0 Å². The molecule has 15 atom stereocenters. The molecule has 0 bridgehead atoms. The van der Waals surface area contributed by atoms with Crippen LogP contribution in [0.2, 0.25) is 0 Å². The van der Waals surface area contributed by atoms with Gasteiger partial charge in [0.15, 0.2) is 6.29 Å². The zero-order valence-corrected chi connectivity index (χ0v) is 27.8. The van der Waals surface area contributed by atoms with Gasteiger partial charge in [0.25, 0.3) is 0 Å². The third-order valence-electron chi connectivity index (χ3n) is 15.6. The highest BCUT2D eigenvalue weighted by molar-refractivity contribution is 5.76. The van der Waals surface area contributed by atoms with Crippen molar-refractivity contribution < 1.29 is 39.8 Å². The molecule has 5 saturated carbocycles. The average Bonchev–Trinajstić information content (AvgIpc) is 3.36. The Labute approximate surface area is 263 Å². The van der Waals surface area contributed by atoms with Crippen LogP contribution in [0.15, 0.2) is 12.2 Å². The van der Waals surface area contributed by atoms with Gasteiger partial charge in [0.05, 0.1) is 18.1 Å². The number of ether oxygens (including phenoxy) is 2. The monoisotopic (exact) mass is 618 g/mol. The van der Waals surface area contributed by atoms with E-state index in [1.807, 2.05) is 0 Å². The number of aliphatic hydroxyl groups excluding tert-OH is 4. The zero-order valence-electron chi connectivity index (χ0n) is 27.8. The third kappa shape index (κ3) is 4.26. The number of hydrogen-bond acceptors (Lipinski definition) is 7. The smallest absolute Gasteiger partial charge is 0.309 e. The molecule has 6 aliphatic rings. The lowest BCUT2D eigenvalue weighted by Crippen LogP contribution is -2.67. The highest BCUT2D eigenvalue weighted by Gasteiger charge is 2.72. The molecule has 0 aromatic rings. The van der Waals surface area contributed by atoms with Gasteiger partial charge in [0.1, 0.15) is 24.4 Å². The summed E-state index contributed by atoms with van der Waals surface area (Å²) in [5.41, 5.74) is 0.579. The molecule has 0 aromatic carbocycles. The second-order valence-electron chi connectivity index (χ2n) is 17.3. The normalized spacial score (nSPS) is 54.8. The van der Waals surface area contributed by atoms with Crippen molar-refractivity contribution in [3.63, 3.8) is 0 Å². The molecule has 6 fully saturated rings. The Bertz CT molecular complexity index is 1150. The summed E-state index contributed by atoms with van der Waals surface area (Å²) in [5.74, 6) is 1.15. The lowest BCUT2D eigenvalue weighted by molar-refractivity contribution is -0.331. The van der Waals surface area contributed by atoms with Crippen LogP contribution in [0.1, 0.15) is 106 Å². The molecule has 0 radical (unpaired) electrons. The van der Waals surface area contributed by atoms with Crippen LogP contribution in [0.3, 0.4) is 0 Å². The van der Waals surface area contributed by atoms with Crippen molar-refractivity contribution in [2.45, 2.75) is 143 Å². The van der Waals surface area contributed by atoms with Crippen LogP contribution in [0.4, 0.5) is 0 Å². The van der Waals surface area contributed by atoms with E-state index in [-0.39, 0.29) is 39.6 Å². The molecule has 0 spiro atoms. The first kappa shape index (κ1) is 32.9. The largest absolute Gasteiger partial charge is 0.481 e. The van der Waals surface area contributed by atoms with Crippen molar-refractivity contribution in [2.75, 3.05) is 6.61 Å². The topological polar surface area (TPSA) is 137 Å². The molecule has 0 aromatic heterocycles. The van der Waals surface area contributed by atoms with Gasteiger partial charge in [-0.1, -0.05) is 46.8 Å². The van der Waals surface area contributed by atoms with E-state index in [1.54, 1.807) is 0 Å². The molecule has 5 N–H and O–H groups in total. The Morgan fingerprint density at radius 1 is 0.841 bits per heavy atom. The second kappa shape index (κ2) is 10.7. The van der Waals surface area contributed by atoms with Gasteiger partial charge in [-0.15, -0.1) is 0 Å². The number of allylic oxidation sites excluding steroid dienone is 1. The van der Waals surface area contributed by atoms with E-state index in [0.717, 1.165) is 69.8 Å². The van der Waals surface area contributed by atoms with E-state index in [1.165, 1.54) is 0 Å². The molecule has 1 heterocycles. The van der Waals surface area contributed by atoms with E-state index in [2.05, 4.69) is 48.1 Å². The summed E-state index contributed by atoms with van der Waals surface area (Å²) < 4.78 is 12.2. The van der Waals surface area contributed by atoms with Crippen LogP contribution in [0.25, 0.3) is 0 Å². The molecule has 5 aliphatic carbocycles. The molecule has 8 heteroatoms. The maximum absolute atomic E-state index is 12.9. The van der Waals surface area contributed by atoms with E-state index < -0.39 is 48.7 Å². The number of carboxylic acid groups (broad SMARTS) is 1. The summed E-state index contributed by atoms with van der Waals surface area (Å²) in [4.78, 5) is 12.9. The SMILES string of the molecule is C=C(C)[C@@H]1CC[C@]2(C(=O)O)CC[C@]3(C)[C@H](CC[C@@H]4[C@@]5(C)CC[C@H](O[C@@H]6O[C@H](CO)[C@@H](O)[C@H](O)[C@H]6O)C(C)(C)[C@@H]5CC[C@]43C)[C@@H]12. The summed E-state index contributed by atoms with van der Waals surface area (Å²) in [5, 5.41) is 51.7. The molecular formula is C36H58O8. The highest BCUT2D eigenvalue weighted by Crippen LogP contribution is 2.77. The first-order valence-corrected chi connectivity index (χ1v) is 17.3. The van der Waals surface area contributed by atoms with E-state index in [4.69, 9.17) is 9.47 Å². The van der Waals surface area contributed by atoms with E-state index in [9.17, 15) is 30.3 Å². The van der Waals surface area contributed by atoms with E-state index in [0.29, 0.717) is 17.8 Å². The minimum atomic E-state index is -1.45. The van der Waals surface area contributed by atoms with Gasteiger partial charge in [0, 0.05) is 0 Å². The molecule has 0 unspecified atom stereocenters. The first-order chi connectivity index (χ1) is 20.5. The summed E-state index contributed by atoms with van der Waals surface area (Å²) >= 11 is 0. The lowest BCUT2D eigenvalue weighted by Gasteiger charge is -2.73. The summed E-state index contributed by atoms with van der Waals surface area (Å²) in [7, 11) is 0. The van der Waals surface area contributed by atoms with Gasteiger partial charge in [-0.05, 0) is 122 Å². The summed E-state index contributed by atoms with van der Waals surface area (Å²) in [6.45, 7) is 18.1. The van der Waals surface area contributed by atoms with Gasteiger partial charge >= 0.3 is 5.97 Å². The fourth-order valence-corrected chi connectivity index (χ4v) is 13.1. The van der Waals surface area contributed by atoms with Crippen molar-refractivity contribution in [3.05, 3.63) is 12.2 Å². The fourth-order valence-electron chi connectivity index (χ4n) is 13.1. The number of hydrogen-bond donors (Lipinski definition) is 5. The van der Waals surface area contributed by atoms with Crippen LogP contribution in [0, 0.1) is 56.7 Å². The van der Waals surface area contributed by atoms with Crippen molar-refractivity contribution >= 4 is 5.97 Å². The highest BCUT2D eigenvalue weighted by atomic mass is 16.7. The fraction of sp³-hybridized carbons (Fsp3) is 0.917. The van der Waals surface area contributed by atoms with Crippen molar-refractivity contribution in [2.24, 2.45) is 56.7 Å². The first-order valence-electron chi connectivity index (χ1n) is 17.3. The Morgan fingerprint density at radius 2 is 1.55 bits per heavy atom. The summed E-state index contributed by atoms with van der Waals surface area (Å²) in [6, 6.07) is 0. The zero-order chi connectivity index (χ0) is 32.2. The molecule has 1 saturated heterocycles. The van der Waals surface area contributed by atoms with Crippen LogP contribution in [0.5, 0.6) is 0 Å². The molecule has 250 valence electrons. The Morgan fingerprint density at radius 3 is 2.18 bits per heavy atom. The molecular weight excluding hydrogens is 560 g/mol. The standard InChI is InChI=1S/C36H58O8/c1-19(2)20-10-15-36(31(41)42)17-16-34(6)21(26(20)36)8-9-24-33(5)13-12-25(32(3,4)23(33)11-14-35(24,34)7)44-30-29(40)28(39)27(38)22(18-37)43-30/h20-30,37-40H,1,8-18H2,2-7H3,(H,41,42)/t20-,21+,22+,23-,24+,25-,26+,27+,28-,29+,30-,33-,34+,35+,36-/m0/s1. The van der Waals surface area contributed by atoms with Crippen LogP contribution < -0.4 is 0 Å². The Balaban J connectivity index is 1.27. The maximum Gasteiger partial charge on any atom is 0.309 e. The van der Waals surface area contributed by atoms with Crippen LogP contribution in [-0.2, 0) is 14.3 Å². The van der Waals surface area contributed by atoms with Crippen molar-refractivity contribution in [1.82, 2.24) is 0 Å². The molecule has 1 aliphatic heterocycles. The maximum atomic E-state index is 12.9. The van der Waals surface area contributed by atoms with Gasteiger partial charge in [-0.25, -0.2) is 0 Å². The number of carboxylic acids is 1. The lowest BCUT2D eigenvalue weighted by atomic mass is 9.32. The van der Waals surface area contributed by atoms with Gasteiger partial charge in [-0.3, -0.25) is 4.79 Å². The average molecular weight is 619 g/mol. The Hall–Kier alpha value is -1.03. The molecule has 44 heavy (non-hydrogen) atoms. The van der Waals surface area contributed by atoms with Gasteiger partial charge in [-0.2, -0.15) is 0 Å².